The Morgan fingerprint density at radius 1 is 1.36 bits per heavy atom. The van der Waals surface area contributed by atoms with Crippen LogP contribution in [0.4, 0.5) is 4.39 Å². The third-order valence-electron chi connectivity index (χ3n) is 5.22. The molecule has 1 saturated carbocycles. The number of amides is 1. The zero-order valence-electron chi connectivity index (χ0n) is 15.4. The number of aryl methyl sites for hydroxylation is 1. The van der Waals surface area contributed by atoms with Gasteiger partial charge in [0.25, 0.3) is 11.6 Å². The molecule has 1 aliphatic rings. The number of aliphatic hydroxyl groups excluding tert-OH is 1. The van der Waals surface area contributed by atoms with E-state index in [0.717, 1.165) is 0 Å². The number of aliphatic hydroxyl groups is 1. The second kappa shape index (κ2) is 7.29. The fraction of sp³-hybridized carbons (Fsp3) is 0.350. The fourth-order valence-corrected chi connectivity index (χ4v) is 3.73. The van der Waals surface area contributed by atoms with Gasteiger partial charge in [-0.05, 0) is 50.1 Å². The number of pyridine rings is 1. The lowest BCUT2D eigenvalue weighted by molar-refractivity contribution is 0.0918. The van der Waals surface area contributed by atoms with Crippen LogP contribution >= 0.6 is 0 Å². The Morgan fingerprint density at radius 2 is 2.11 bits per heavy atom. The van der Waals surface area contributed by atoms with E-state index in [2.05, 4.69) is 15.5 Å². The summed E-state index contributed by atoms with van der Waals surface area (Å²) in [5.41, 5.74) is 8.19. The number of aromatic nitrogens is 2. The van der Waals surface area contributed by atoms with E-state index in [4.69, 9.17) is 10.3 Å². The maximum Gasteiger partial charge on any atom is 0.259 e. The van der Waals surface area contributed by atoms with Crippen molar-refractivity contribution in [3.63, 3.8) is 0 Å². The molecule has 0 bridgehead atoms. The lowest BCUT2D eigenvalue weighted by Gasteiger charge is -2.15. The molecule has 3 atom stereocenters. The molecule has 1 amide bonds. The average Bonchev–Trinajstić information content (AvgIpc) is 3.21. The minimum Gasteiger partial charge on any atom is -0.393 e. The molecule has 0 saturated heterocycles. The van der Waals surface area contributed by atoms with Crippen molar-refractivity contribution in [2.24, 2.45) is 11.7 Å². The van der Waals surface area contributed by atoms with Gasteiger partial charge >= 0.3 is 0 Å². The third-order valence-corrected chi connectivity index (χ3v) is 5.22. The molecule has 2 heterocycles. The van der Waals surface area contributed by atoms with E-state index in [9.17, 15) is 14.3 Å². The molecule has 1 aromatic carbocycles. The highest BCUT2D eigenvalue weighted by atomic mass is 19.1. The molecule has 0 aliphatic heterocycles. The SMILES string of the molecule is Cc1noc2nc(-c3ccc(F)cc3)cc(C(=O)NC[C@@H]3C[C@@H](N)C[C@@H]3O)c12. The number of carbonyl (C=O) groups excluding carboxylic acids is 1. The van der Waals surface area contributed by atoms with Crippen molar-refractivity contribution in [3.05, 3.63) is 47.4 Å². The molecule has 7 nitrogen and oxygen atoms in total. The molecule has 0 spiro atoms. The Bertz CT molecular complexity index is 1020. The number of nitrogens with zero attached hydrogens (tertiary/aromatic N) is 2. The summed E-state index contributed by atoms with van der Waals surface area (Å²) in [6.45, 7) is 2.06. The first kappa shape index (κ1) is 18.5. The second-order valence-electron chi connectivity index (χ2n) is 7.28. The van der Waals surface area contributed by atoms with Crippen molar-refractivity contribution in [1.82, 2.24) is 15.5 Å². The lowest BCUT2D eigenvalue weighted by Crippen LogP contribution is -2.32. The molecule has 4 rings (SSSR count). The zero-order chi connectivity index (χ0) is 19.8. The Kier molecular flexibility index (Phi) is 4.82. The number of nitrogens with one attached hydrogen (secondary N) is 1. The molecule has 4 N–H and O–H groups in total. The van der Waals surface area contributed by atoms with Crippen molar-refractivity contribution in [2.45, 2.75) is 31.9 Å². The summed E-state index contributed by atoms with van der Waals surface area (Å²) in [6, 6.07) is 7.44. The molecule has 3 aromatic rings. The topological polar surface area (TPSA) is 114 Å². The molecule has 0 radical (unpaired) electrons. The summed E-state index contributed by atoms with van der Waals surface area (Å²) in [6.07, 6.45) is 0.694. The van der Waals surface area contributed by atoms with Crippen LogP contribution in [0.15, 0.2) is 34.9 Å². The maximum atomic E-state index is 13.2. The number of hydrogen-bond donors (Lipinski definition) is 3. The predicted molar refractivity (Wildman–Crippen MR) is 101 cm³/mol. The van der Waals surface area contributed by atoms with Gasteiger partial charge in [0, 0.05) is 24.1 Å². The highest BCUT2D eigenvalue weighted by molar-refractivity contribution is 6.07. The van der Waals surface area contributed by atoms with Crippen LogP contribution in [0.5, 0.6) is 0 Å². The Balaban J connectivity index is 1.65. The summed E-state index contributed by atoms with van der Waals surface area (Å²) in [5.74, 6) is -0.738. The van der Waals surface area contributed by atoms with Crippen molar-refractivity contribution >= 4 is 17.0 Å². The van der Waals surface area contributed by atoms with Crippen LogP contribution in [0, 0.1) is 18.7 Å². The second-order valence-corrected chi connectivity index (χ2v) is 7.28. The minimum absolute atomic E-state index is 0.0464. The summed E-state index contributed by atoms with van der Waals surface area (Å²) >= 11 is 0. The molecule has 1 aliphatic carbocycles. The van der Waals surface area contributed by atoms with E-state index in [0.29, 0.717) is 47.3 Å². The number of carbonyl (C=O) groups is 1. The van der Waals surface area contributed by atoms with E-state index in [1.54, 1.807) is 25.1 Å². The van der Waals surface area contributed by atoms with Crippen molar-refractivity contribution in [2.75, 3.05) is 6.54 Å². The molecule has 8 heteroatoms. The van der Waals surface area contributed by atoms with Gasteiger partial charge in [-0.25, -0.2) is 9.37 Å². The molecular formula is C20H21FN4O3. The minimum atomic E-state index is -0.514. The first-order chi connectivity index (χ1) is 13.4. The van der Waals surface area contributed by atoms with E-state index in [1.807, 2.05) is 0 Å². The Morgan fingerprint density at radius 3 is 2.79 bits per heavy atom. The first-order valence-electron chi connectivity index (χ1n) is 9.17. The number of rotatable bonds is 4. The number of halogens is 1. The van der Waals surface area contributed by atoms with Gasteiger partial charge in [-0.1, -0.05) is 5.16 Å². The van der Waals surface area contributed by atoms with E-state index < -0.39 is 6.10 Å². The standard InChI is InChI=1S/C20H21FN4O3/c1-10-18-15(19(27)23-9-12-6-14(22)7-17(12)26)8-16(24-20(18)28-25-10)11-2-4-13(21)5-3-11/h2-5,8,12,14,17,26H,6-7,9,22H2,1H3,(H,23,27)/t12-,14+,17-/m0/s1. The Labute approximate surface area is 160 Å². The van der Waals surface area contributed by atoms with Crippen LogP contribution in [0.2, 0.25) is 0 Å². The van der Waals surface area contributed by atoms with Crippen LogP contribution in [0.25, 0.3) is 22.4 Å². The predicted octanol–water partition coefficient (Wildman–Crippen LogP) is 2.17. The van der Waals surface area contributed by atoms with Crippen LogP contribution < -0.4 is 11.1 Å². The maximum absolute atomic E-state index is 13.2. The fourth-order valence-electron chi connectivity index (χ4n) is 3.73. The summed E-state index contributed by atoms with van der Waals surface area (Å²) in [5, 5.41) is 17.4. The van der Waals surface area contributed by atoms with Crippen LogP contribution in [0.1, 0.15) is 28.9 Å². The van der Waals surface area contributed by atoms with Crippen LogP contribution in [-0.4, -0.2) is 39.8 Å². The average molecular weight is 384 g/mol. The van der Waals surface area contributed by atoms with Gasteiger partial charge in [0.05, 0.1) is 28.4 Å². The lowest BCUT2D eigenvalue weighted by atomic mass is 10.0. The van der Waals surface area contributed by atoms with Gasteiger partial charge < -0.3 is 20.7 Å². The number of benzene rings is 1. The monoisotopic (exact) mass is 384 g/mol. The third kappa shape index (κ3) is 3.48. The molecular weight excluding hydrogens is 363 g/mol. The van der Waals surface area contributed by atoms with Crippen LogP contribution in [-0.2, 0) is 0 Å². The van der Waals surface area contributed by atoms with Gasteiger partial charge in [0.1, 0.15) is 5.82 Å². The molecule has 2 aromatic heterocycles. The van der Waals surface area contributed by atoms with Gasteiger partial charge in [-0.3, -0.25) is 4.79 Å². The van der Waals surface area contributed by atoms with Crippen molar-refractivity contribution in [3.8, 4) is 11.3 Å². The number of fused-ring (bicyclic) bond motifs is 1. The normalized spacial score (nSPS) is 21.9. The van der Waals surface area contributed by atoms with E-state index in [-0.39, 0.29) is 29.4 Å². The van der Waals surface area contributed by atoms with Crippen molar-refractivity contribution < 1.29 is 18.8 Å². The Hall–Kier alpha value is -2.84. The van der Waals surface area contributed by atoms with E-state index >= 15 is 0 Å². The van der Waals surface area contributed by atoms with Gasteiger partial charge in [-0.15, -0.1) is 0 Å². The summed E-state index contributed by atoms with van der Waals surface area (Å²) in [7, 11) is 0. The quantitative estimate of drug-likeness (QED) is 0.635. The molecule has 28 heavy (non-hydrogen) atoms. The summed E-state index contributed by atoms with van der Waals surface area (Å²) in [4.78, 5) is 17.3. The van der Waals surface area contributed by atoms with Crippen LogP contribution in [0.3, 0.4) is 0 Å². The van der Waals surface area contributed by atoms with Crippen molar-refractivity contribution in [1.29, 1.82) is 0 Å². The largest absolute Gasteiger partial charge is 0.393 e. The highest BCUT2D eigenvalue weighted by Gasteiger charge is 2.31. The smallest absolute Gasteiger partial charge is 0.259 e. The molecule has 0 unspecified atom stereocenters. The first-order valence-corrected chi connectivity index (χ1v) is 9.17. The van der Waals surface area contributed by atoms with E-state index in [1.165, 1.54) is 12.1 Å². The van der Waals surface area contributed by atoms with Gasteiger partial charge in [0.15, 0.2) is 0 Å². The molecule has 146 valence electrons. The number of hydrogen-bond acceptors (Lipinski definition) is 6. The number of nitrogens with two attached hydrogens (primary N) is 1. The zero-order valence-corrected chi connectivity index (χ0v) is 15.4. The summed E-state index contributed by atoms with van der Waals surface area (Å²) < 4.78 is 18.5. The van der Waals surface area contributed by atoms with Gasteiger partial charge in [-0.2, -0.15) is 0 Å². The molecule has 1 fully saturated rings. The van der Waals surface area contributed by atoms with Gasteiger partial charge in [0.2, 0.25) is 0 Å². The highest BCUT2D eigenvalue weighted by Crippen LogP contribution is 2.28.